The highest BCUT2D eigenvalue weighted by molar-refractivity contribution is 5.78. The number of aryl methyl sites for hydroxylation is 1. The molecule has 0 unspecified atom stereocenters. The van der Waals surface area contributed by atoms with Crippen LogP contribution in [0.1, 0.15) is 32.3 Å². The molecule has 1 aliphatic rings. The first-order valence-corrected chi connectivity index (χ1v) is 7.54. The van der Waals surface area contributed by atoms with E-state index in [1.54, 1.807) is 0 Å². The van der Waals surface area contributed by atoms with E-state index in [0.717, 1.165) is 38.3 Å². The van der Waals surface area contributed by atoms with E-state index in [2.05, 4.69) is 19.1 Å². The van der Waals surface area contributed by atoms with Crippen LogP contribution in [0.5, 0.6) is 5.75 Å². The second-order valence-corrected chi connectivity index (χ2v) is 6.05. The van der Waals surface area contributed by atoms with Crippen molar-refractivity contribution in [2.75, 3.05) is 19.7 Å². The van der Waals surface area contributed by atoms with Crippen molar-refractivity contribution < 1.29 is 9.53 Å². The van der Waals surface area contributed by atoms with E-state index in [0.29, 0.717) is 5.92 Å². The average Bonchev–Trinajstić information content (AvgIpc) is 2.45. The zero-order chi connectivity index (χ0) is 14.5. The van der Waals surface area contributed by atoms with Gasteiger partial charge in [0.2, 0.25) is 5.91 Å². The fourth-order valence-corrected chi connectivity index (χ4v) is 2.60. The van der Waals surface area contributed by atoms with Crippen LogP contribution in [0.2, 0.25) is 0 Å². The smallest absolute Gasteiger partial charge is 0.225 e. The van der Waals surface area contributed by atoms with Gasteiger partial charge in [0.05, 0.1) is 6.61 Å². The molecule has 0 bridgehead atoms. The Labute approximate surface area is 121 Å². The topological polar surface area (TPSA) is 29.5 Å². The normalized spacial score (nSPS) is 16.5. The summed E-state index contributed by atoms with van der Waals surface area (Å²) in [5.41, 5.74) is 1.22. The number of likely N-dealkylation sites (tertiary alicyclic amines) is 1. The number of hydrogen-bond donors (Lipinski definition) is 0. The fraction of sp³-hybridized carbons (Fsp3) is 0.588. The quantitative estimate of drug-likeness (QED) is 0.844. The lowest BCUT2D eigenvalue weighted by atomic mass is 9.97. The Kier molecular flexibility index (Phi) is 5.05. The molecule has 2 rings (SSSR count). The summed E-state index contributed by atoms with van der Waals surface area (Å²) in [5, 5.41) is 0. The van der Waals surface area contributed by atoms with Crippen molar-refractivity contribution in [3.8, 4) is 5.75 Å². The minimum Gasteiger partial charge on any atom is -0.493 e. The Morgan fingerprint density at radius 1 is 1.35 bits per heavy atom. The molecule has 1 aromatic carbocycles. The minimum atomic E-state index is 0.107. The van der Waals surface area contributed by atoms with Gasteiger partial charge in [-0.25, -0.2) is 0 Å². The number of carbonyl (C=O) groups is 1. The van der Waals surface area contributed by atoms with Gasteiger partial charge in [-0.1, -0.05) is 26.0 Å². The lowest BCUT2D eigenvalue weighted by Crippen LogP contribution is -2.41. The Bertz CT molecular complexity index is 448. The van der Waals surface area contributed by atoms with Crippen molar-refractivity contribution in [1.29, 1.82) is 0 Å². The summed E-state index contributed by atoms with van der Waals surface area (Å²) in [6.45, 7) is 8.51. The number of rotatable bonds is 4. The molecule has 0 spiro atoms. The van der Waals surface area contributed by atoms with E-state index < -0.39 is 0 Å². The molecule has 3 heteroatoms. The van der Waals surface area contributed by atoms with Crippen molar-refractivity contribution >= 4 is 5.91 Å². The molecule has 1 fully saturated rings. The van der Waals surface area contributed by atoms with Crippen LogP contribution in [-0.2, 0) is 4.79 Å². The Morgan fingerprint density at radius 3 is 2.65 bits per heavy atom. The molecule has 3 nitrogen and oxygen atoms in total. The van der Waals surface area contributed by atoms with Gasteiger partial charge in [0, 0.05) is 19.0 Å². The van der Waals surface area contributed by atoms with Gasteiger partial charge in [-0.3, -0.25) is 4.79 Å². The number of benzene rings is 1. The highest BCUT2D eigenvalue weighted by atomic mass is 16.5. The van der Waals surface area contributed by atoms with Gasteiger partial charge >= 0.3 is 0 Å². The molecule has 1 aromatic rings. The van der Waals surface area contributed by atoms with E-state index >= 15 is 0 Å². The average molecular weight is 275 g/mol. The van der Waals surface area contributed by atoms with Crippen LogP contribution in [0, 0.1) is 18.8 Å². The summed E-state index contributed by atoms with van der Waals surface area (Å²) in [6.07, 6.45) is 2.09. The van der Waals surface area contributed by atoms with Crippen LogP contribution in [-0.4, -0.2) is 30.5 Å². The third kappa shape index (κ3) is 3.99. The molecule has 1 aliphatic heterocycles. The largest absolute Gasteiger partial charge is 0.493 e. The van der Waals surface area contributed by atoms with Gasteiger partial charge in [0.1, 0.15) is 5.75 Å². The molecule has 0 radical (unpaired) electrons. The van der Waals surface area contributed by atoms with Gasteiger partial charge in [-0.15, -0.1) is 0 Å². The van der Waals surface area contributed by atoms with Gasteiger partial charge in [0.25, 0.3) is 0 Å². The van der Waals surface area contributed by atoms with Crippen molar-refractivity contribution in [1.82, 2.24) is 4.90 Å². The molecule has 0 aromatic heterocycles. The summed E-state index contributed by atoms with van der Waals surface area (Å²) in [6, 6.07) is 8.17. The highest BCUT2D eigenvalue weighted by Gasteiger charge is 2.24. The van der Waals surface area contributed by atoms with E-state index in [-0.39, 0.29) is 11.8 Å². The standard InChI is InChI=1S/C17H25NO2/c1-13(2)17(19)18-9-7-15(8-10-18)12-20-16-6-4-5-14(3)11-16/h4-6,11,13,15H,7-10,12H2,1-3H3. The molecule has 0 N–H and O–H groups in total. The van der Waals surface area contributed by atoms with Crippen molar-refractivity contribution in [3.63, 3.8) is 0 Å². The number of amides is 1. The van der Waals surface area contributed by atoms with Gasteiger partial charge < -0.3 is 9.64 Å². The molecule has 0 atom stereocenters. The number of carbonyl (C=O) groups excluding carboxylic acids is 1. The molecule has 0 aliphatic carbocycles. The first kappa shape index (κ1) is 14.9. The summed E-state index contributed by atoms with van der Waals surface area (Å²) in [5.74, 6) is 1.90. The SMILES string of the molecule is Cc1cccc(OCC2CCN(C(=O)C(C)C)CC2)c1. The predicted octanol–water partition coefficient (Wildman–Crippen LogP) is 3.27. The summed E-state index contributed by atoms with van der Waals surface area (Å²) >= 11 is 0. The molecule has 0 saturated carbocycles. The van der Waals surface area contributed by atoms with Crippen LogP contribution < -0.4 is 4.74 Å². The number of piperidine rings is 1. The molecule has 1 heterocycles. The lowest BCUT2D eigenvalue weighted by molar-refractivity contribution is -0.136. The Balaban J connectivity index is 1.76. The van der Waals surface area contributed by atoms with Crippen LogP contribution in [0.15, 0.2) is 24.3 Å². The van der Waals surface area contributed by atoms with Crippen LogP contribution in [0.25, 0.3) is 0 Å². The highest BCUT2D eigenvalue weighted by Crippen LogP contribution is 2.21. The third-order valence-electron chi connectivity index (χ3n) is 3.90. The third-order valence-corrected chi connectivity index (χ3v) is 3.90. The summed E-state index contributed by atoms with van der Waals surface area (Å²) in [7, 11) is 0. The zero-order valence-corrected chi connectivity index (χ0v) is 12.8. The second kappa shape index (κ2) is 6.78. The number of nitrogens with zero attached hydrogens (tertiary/aromatic N) is 1. The van der Waals surface area contributed by atoms with Gasteiger partial charge in [-0.2, -0.15) is 0 Å². The molecule has 110 valence electrons. The first-order chi connectivity index (χ1) is 9.56. The molecule has 1 amide bonds. The van der Waals surface area contributed by atoms with Crippen molar-refractivity contribution in [3.05, 3.63) is 29.8 Å². The maximum atomic E-state index is 11.9. The van der Waals surface area contributed by atoms with E-state index in [1.165, 1.54) is 5.56 Å². The Morgan fingerprint density at radius 2 is 2.05 bits per heavy atom. The maximum absolute atomic E-state index is 11.9. The fourth-order valence-electron chi connectivity index (χ4n) is 2.60. The summed E-state index contributed by atoms with van der Waals surface area (Å²) in [4.78, 5) is 13.9. The van der Waals surface area contributed by atoms with E-state index in [9.17, 15) is 4.79 Å². The number of ether oxygens (including phenoxy) is 1. The van der Waals surface area contributed by atoms with Crippen LogP contribution >= 0.6 is 0 Å². The molecule has 20 heavy (non-hydrogen) atoms. The summed E-state index contributed by atoms with van der Waals surface area (Å²) < 4.78 is 5.87. The van der Waals surface area contributed by atoms with E-state index in [1.807, 2.05) is 30.9 Å². The molecular formula is C17H25NO2. The zero-order valence-electron chi connectivity index (χ0n) is 12.8. The monoisotopic (exact) mass is 275 g/mol. The molecule has 1 saturated heterocycles. The predicted molar refractivity (Wildman–Crippen MR) is 80.8 cm³/mol. The maximum Gasteiger partial charge on any atom is 0.225 e. The second-order valence-electron chi connectivity index (χ2n) is 6.05. The van der Waals surface area contributed by atoms with Crippen LogP contribution in [0.4, 0.5) is 0 Å². The lowest BCUT2D eigenvalue weighted by Gasteiger charge is -2.33. The first-order valence-electron chi connectivity index (χ1n) is 7.54. The van der Waals surface area contributed by atoms with Crippen LogP contribution in [0.3, 0.4) is 0 Å². The van der Waals surface area contributed by atoms with E-state index in [4.69, 9.17) is 4.74 Å². The van der Waals surface area contributed by atoms with Crippen molar-refractivity contribution in [2.45, 2.75) is 33.6 Å². The van der Waals surface area contributed by atoms with Crippen molar-refractivity contribution in [2.24, 2.45) is 11.8 Å². The Hall–Kier alpha value is -1.51. The number of hydrogen-bond acceptors (Lipinski definition) is 2. The minimum absolute atomic E-state index is 0.107. The van der Waals surface area contributed by atoms with Gasteiger partial charge in [0.15, 0.2) is 0 Å². The van der Waals surface area contributed by atoms with Gasteiger partial charge in [-0.05, 0) is 43.4 Å². The molecular weight excluding hydrogens is 250 g/mol.